The van der Waals surface area contributed by atoms with Gasteiger partial charge in [-0.15, -0.1) is 0 Å². The van der Waals surface area contributed by atoms with Crippen molar-refractivity contribution in [1.29, 1.82) is 0 Å². The molecular weight excluding hydrogens is 389 g/mol. The van der Waals surface area contributed by atoms with Crippen LogP contribution in [-0.4, -0.2) is 5.91 Å². The quantitative estimate of drug-likeness (QED) is 0.784. The van der Waals surface area contributed by atoms with Gasteiger partial charge in [0.2, 0.25) is 5.91 Å². The van der Waals surface area contributed by atoms with Crippen molar-refractivity contribution in [3.05, 3.63) is 62.3 Å². The molecular formula is C15H12Br2FNO. The molecule has 5 heteroatoms. The van der Waals surface area contributed by atoms with E-state index >= 15 is 0 Å². The third-order valence-electron chi connectivity index (χ3n) is 2.76. The first-order chi connectivity index (χ1) is 9.45. The van der Waals surface area contributed by atoms with Crippen molar-refractivity contribution in [3.8, 4) is 0 Å². The van der Waals surface area contributed by atoms with Gasteiger partial charge in [-0.05, 0) is 64.3 Å². The first-order valence-corrected chi connectivity index (χ1v) is 7.54. The van der Waals surface area contributed by atoms with Crippen LogP contribution in [0.4, 0.5) is 10.1 Å². The van der Waals surface area contributed by atoms with Crippen LogP contribution >= 0.6 is 31.9 Å². The number of anilines is 1. The van der Waals surface area contributed by atoms with E-state index < -0.39 is 0 Å². The molecule has 0 saturated carbocycles. The van der Waals surface area contributed by atoms with Crippen LogP contribution in [0.3, 0.4) is 0 Å². The SMILES string of the molecule is Cc1ccc(NC(=O)Cc2cc(Br)ccc2F)c(Br)c1. The Morgan fingerprint density at radius 1 is 1.20 bits per heavy atom. The number of carbonyl (C=O) groups excluding carboxylic acids is 1. The van der Waals surface area contributed by atoms with Gasteiger partial charge in [-0.25, -0.2) is 4.39 Å². The van der Waals surface area contributed by atoms with E-state index in [-0.39, 0.29) is 18.1 Å². The van der Waals surface area contributed by atoms with Crippen molar-refractivity contribution in [2.24, 2.45) is 0 Å². The normalized spacial score (nSPS) is 10.4. The molecule has 104 valence electrons. The summed E-state index contributed by atoms with van der Waals surface area (Å²) in [6.45, 7) is 1.97. The Labute approximate surface area is 133 Å². The van der Waals surface area contributed by atoms with E-state index in [1.165, 1.54) is 6.07 Å². The molecule has 2 aromatic carbocycles. The zero-order chi connectivity index (χ0) is 14.7. The summed E-state index contributed by atoms with van der Waals surface area (Å²) in [4.78, 5) is 12.0. The molecule has 0 bridgehead atoms. The van der Waals surface area contributed by atoms with Crippen molar-refractivity contribution in [1.82, 2.24) is 0 Å². The minimum atomic E-state index is -0.383. The predicted molar refractivity (Wildman–Crippen MR) is 85.3 cm³/mol. The second-order valence-electron chi connectivity index (χ2n) is 4.44. The molecule has 0 radical (unpaired) electrons. The van der Waals surface area contributed by atoms with Crippen LogP contribution in [0.2, 0.25) is 0 Å². The van der Waals surface area contributed by atoms with Gasteiger partial charge in [0.1, 0.15) is 5.82 Å². The van der Waals surface area contributed by atoms with Gasteiger partial charge >= 0.3 is 0 Å². The van der Waals surface area contributed by atoms with Crippen molar-refractivity contribution in [2.75, 3.05) is 5.32 Å². The van der Waals surface area contributed by atoms with Crippen LogP contribution < -0.4 is 5.32 Å². The zero-order valence-electron chi connectivity index (χ0n) is 10.7. The summed E-state index contributed by atoms with van der Waals surface area (Å²) in [7, 11) is 0. The highest BCUT2D eigenvalue weighted by molar-refractivity contribution is 9.10. The minimum absolute atomic E-state index is 0.00834. The van der Waals surface area contributed by atoms with Crippen LogP contribution in [0.5, 0.6) is 0 Å². The highest BCUT2D eigenvalue weighted by atomic mass is 79.9. The molecule has 2 rings (SSSR count). The standard InChI is InChI=1S/C15H12Br2FNO/c1-9-2-5-14(12(17)6-9)19-15(20)8-10-7-11(16)3-4-13(10)18/h2-7H,8H2,1H3,(H,19,20). The maximum atomic E-state index is 13.6. The number of benzene rings is 2. The number of aryl methyl sites for hydroxylation is 1. The highest BCUT2D eigenvalue weighted by Gasteiger charge is 2.10. The first kappa shape index (κ1) is 15.2. The van der Waals surface area contributed by atoms with E-state index in [0.717, 1.165) is 14.5 Å². The Bertz CT molecular complexity index is 658. The lowest BCUT2D eigenvalue weighted by Gasteiger charge is -2.09. The largest absolute Gasteiger partial charge is 0.325 e. The summed E-state index contributed by atoms with van der Waals surface area (Å²) in [5.41, 5.74) is 2.13. The van der Waals surface area contributed by atoms with Gasteiger partial charge in [-0.2, -0.15) is 0 Å². The topological polar surface area (TPSA) is 29.1 Å². The molecule has 0 aliphatic rings. The molecule has 1 amide bonds. The van der Waals surface area contributed by atoms with E-state index in [0.29, 0.717) is 11.3 Å². The summed E-state index contributed by atoms with van der Waals surface area (Å²) in [5.74, 6) is -0.641. The number of halogens is 3. The maximum Gasteiger partial charge on any atom is 0.228 e. The fraction of sp³-hybridized carbons (Fsp3) is 0.133. The Hall–Kier alpha value is -1.20. The van der Waals surface area contributed by atoms with Crippen molar-refractivity contribution in [3.63, 3.8) is 0 Å². The van der Waals surface area contributed by atoms with Crippen molar-refractivity contribution in [2.45, 2.75) is 13.3 Å². The van der Waals surface area contributed by atoms with Crippen molar-refractivity contribution < 1.29 is 9.18 Å². The number of carbonyl (C=O) groups is 1. The molecule has 0 fully saturated rings. The molecule has 0 aliphatic carbocycles. The Morgan fingerprint density at radius 3 is 2.65 bits per heavy atom. The van der Waals surface area contributed by atoms with Gasteiger partial charge in [0.15, 0.2) is 0 Å². The monoisotopic (exact) mass is 399 g/mol. The molecule has 0 unspecified atom stereocenters. The number of rotatable bonds is 3. The fourth-order valence-electron chi connectivity index (χ4n) is 1.77. The second kappa shape index (κ2) is 6.50. The third kappa shape index (κ3) is 3.90. The molecule has 2 nitrogen and oxygen atoms in total. The van der Waals surface area contributed by atoms with E-state index in [1.54, 1.807) is 12.1 Å². The molecule has 0 saturated heterocycles. The molecule has 0 aliphatic heterocycles. The van der Waals surface area contributed by atoms with Crippen LogP contribution in [0, 0.1) is 12.7 Å². The van der Waals surface area contributed by atoms with Crippen molar-refractivity contribution >= 4 is 43.5 Å². The molecule has 0 spiro atoms. The van der Waals surface area contributed by atoms with Crippen LogP contribution in [0.15, 0.2) is 45.3 Å². The summed E-state index contributed by atoms with van der Waals surface area (Å²) >= 11 is 6.66. The average molecular weight is 401 g/mol. The number of nitrogens with one attached hydrogen (secondary N) is 1. The van der Waals surface area contributed by atoms with Gasteiger partial charge in [0.05, 0.1) is 12.1 Å². The summed E-state index contributed by atoms with van der Waals surface area (Å²) in [5, 5.41) is 2.76. The van der Waals surface area contributed by atoms with E-state index in [2.05, 4.69) is 37.2 Å². The minimum Gasteiger partial charge on any atom is -0.325 e. The van der Waals surface area contributed by atoms with Crippen LogP contribution in [0.1, 0.15) is 11.1 Å². The maximum absolute atomic E-state index is 13.6. The number of hydrogen-bond donors (Lipinski definition) is 1. The molecule has 20 heavy (non-hydrogen) atoms. The molecule has 0 aromatic heterocycles. The summed E-state index contributed by atoms with van der Waals surface area (Å²) in [6.07, 6.45) is -0.00834. The lowest BCUT2D eigenvalue weighted by molar-refractivity contribution is -0.115. The fourth-order valence-corrected chi connectivity index (χ4v) is 2.77. The van der Waals surface area contributed by atoms with Gasteiger partial charge in [-0.1, -0.05) is 22.0 Å². The van der Waals surface area contributed by atoms with E-state index in [9.17, 15) is 9.18 Å². The van der Waals surface area contributed by atoms with Gasteiger partial charge in [0.25, 0.3) is 0 Å². The summed E-state index contributed by atoms with van der Waals surface area (Å²) in [6, 6.07) is 10.2. The van der Waals surface area contributed by atoms with Crippen LogP contribution in [0.25, 0.3) is 0 Å². The van der Waals surface area contributed by atoms with E-state index in [4.69, 9.17) is 0 Å². The van der Waals surface area contributed by atoms with Gasteiger partial charge in [0, 0.05) is 8.95 Å². The lowest BCUT2D eigenvalue weighted by Crippen LogP contribution is -2.15. The molecule has 2 aromatic rings. The molecule has 0 atom stereocenters. The van der Waals surface area contributed by atoms with Gasteiger partial charge in [-0.3, -0.25) is 4.79 Å². The lowest BCUT2D eigenvalue weighted by atomic mass is 10.1. The smallest absolute Gasteiger partial charge is 0.228 e. The zero-order valence-corrected chi connectivity index (χ0v) is 13.9. The Balaban J connectivity index is 2.11. The summed E-state index contributed by atoms with van der Waals surface area (Å²) < 4.78 is 15.1. The van der Waals surface area contributed by atoms with Gasteiger partial charge < -0.3 is 5.32 Å². The number of amides is 1. The predicted octanol–water partition coefficient (Wildman–Crippen LogP) is 4.84. The molecule has 1 N–H and O–H groups in total. The number of hydrogen-bond acceptors (Lipinski definition) is 1. The first-order valence-electron chi connectivity index (χ1n) is 5.95. The average Bonchev–Trinajstić information content (AvgIpc) is 2.37. The third-order valence-corrected chi connectivity index (χ3v) is 3.91. The Morgan fingerprint density at radius 2 is 1.95 bits per heavy atom. The molecule has 0 heterocycles. The van der Waals surface area contributed by atoms with E-state index in [1.807, 2.05) is 25.1 Å². The van der Waals surface area contributed by atoms with Crippen LogP contribution in [-0.2, 0) is 11.2 Å². The second-order valence-corrected chi connectivity index (χ2v) is 6.21. The Kier molecular flexibility index (Phi) is 4.94. The highest BCUT2D eigenvalue weighted by Crippen LogP contribution is 2.24.